The third kappa shape index (κ3) is 3.36. The van der Waals surface area contributed by atoms with Gasteiger partial charge >= 0.3 is 5.97 Å². The highest BCUT2D eigenvalue weighted by molar-refractivity contribution is 5.79. The van der Waals surface area contributed by atoms with E-state index in [0.717, 1.165) is 0 Å². The summed E-state index contributed by atoms with van der Waals surface area (Å²) >= 11 is 0. The second-order valence-corrected chi connectivity index (χ2v) is 3.66. The lowest BCUT2D eigenvalue weighted by atomic mass is 10.00. The van der Waals surface area contributed by atoms with Crippen molar-refractivity contribution in [1.82, 2.24) is 9.78 Å². The van der Waals surface area contributed by atoms with Crippen LogP contribution in [0, 0.1) is 0 Å². The Morgan fingerprint density at radius 1 is 1.67 bits per heavy atom. The lowest BCUT2D eigenvalue weighted by Gasteiger charge is -2.21. The molecule has 1 rings (SSSR count). The van der Waals surface area contributed by atoms with Crippen molar-refractivity contribution in [2.45, 2.75) is 32.4 Å². The van der Waals surface area contributed by atoms with Crippen LogP contribution in [0.2, 0.25) is 0 Å². The zero-order valence-corrected chi connectivity index (χ0v) is 9.14. The summed E-state index contributed by atoms with van der Waals surface area (Å²) in [6, 6.07) is 1.83. The summed E-state index contributed by atoms with van der Waals surface area (Å²) in [6.07, 6.45) is 4.03. The van der Waals surface area contributed by atoms with Crippen LogP contribution in [0.15, 0.2) is 18.5 Å². The smallest absolute Gasteiger partial charge is 0.325 e. The number of carbonyl (C=O) groups is 1. The summed E-state index contributed by atoms with van der Waals surface area (Å²) in [5.41, 5.74) is 4.90. The van der Waals surface area contributed by atoms with E-state index in [0.29, 0.717) is 19.6 Å². The van der Waals surface area contributed by atoms with Gasteiger partial charge in [0.15, 0.2) is 0 Å². The lowest BCUT2D eigenvalue weighted by Crippen LogP contribution is -2.46. The predicted molar refractivity (Wildman–Crippen MR) is 56.1 cm³/mol. The number of nitrogens with zero attached hydrogens (tertiary/aromatic N) is 2. The molecule has 1 heterocycles. The Labute approximate surface area is 89.2 Å². The molecule has 0 aliphatic rings. The minimum Gasteiger partial charge on any atom is -0.465 e. The summed E-state index contributed by atoms with van der Waals surface area (Å²) in [6.45, 7) is 4.40. The van der Waals surface area contributed by atoms with E-state index in [4.69, 9.17) is 10.5 Å². The van der Waals surface area contributed by atoms with Crippen LogP contribution in [0.4, 0.5) is 0 Å². The minimum atomic E-state index is -0.942. The van der Waals surface area contributed by atoms with Crippen molar-refractivity contribution >= 4 is 5.97 Å². The van der Waals surface area contributed by atoms with E-state index in [2.05, 4.69) is 5.10 Å². The Balaban J connectivity index is 2.45. The standard InChI is InChI=1S/C10H17N3O2/c1-3-15-9(14)10(2,11)5-8-13-7-4-6-12-13/h4,6-7H,3,5,8,11H2,1-2H3. The summed E-state index contributed by atoms with van der Waals surface area (Å²) in [5, 5.41) is 4.03. The summed E-state index contributed by atoms with van der Waals surface area (Å²) < 4.78 is 6.62. The molecule has 0 aliphatic carbocycles. The first-order chi connectivity index (χ1) is 7.06. The van der Waals surface area contributed by atoms with Gasteiger partial charge in [-0.1, -0.05) is 0 Å². The summed E-state index contributed by atoms with van der Waals surface area (Å²) in [5.74, 6) is -0.364. The highest BCUT2D eigenvalue weighted by atomic mass is 16.5. The quantitative estimate of drug-likeness (QED) is 0.722. The fourth-order valence-electron chi connectivity index (χ4n) is 1.18. The van der Waals surface area contributed by atoms with Crippen LogP contribution in [0.1, 0.15) is 20.3 Å². The average Bonchev–Trinajstić information content (AvgIpc) is 2.68. The summed E-state index contributed by atoms with van der Waals surface area (Å²) in [7, 11) is 0. The fourth-order valence-corrected chi connectivity index (χ4v) is 1.18. The van der Waals surface area contributed by atoms with Gasteiger partial charge in [0.1, 0.15) is 5.54 Å². The molecule has 1 unspecified atom stereocenters. The van der Waals surface area contributed by atoms with Crippen molar-refractivity contribution in [2.24, 2.45) is 5.73 Å². The van der Waals surface area contributed by atoms with Crippen LogP contribution in [-0.2, 0) is 16.1 Å². The van der Waals surface area contributed by atoms with Crippen molar-refractivity contribution in [2.75, 3.05) is 6.61 Å². The molecule has 0 fully saturated rings. The Morgan fingerprint density at radius 2 is 2.40 bits per heavy atom. The van der Waals surface area contributed by atoms with Crippen molar-refractivity contribution < 1.29 is 9.53 Å². The van der Waals surface area contributed by atoms with Crippen LogP contribution >= 0.6 is 0 Å². The number of esters is 1. The molecule has 1 aromatic heterocycles. The molecule has 0 aliphatic heterocycles. The first kappa shape index (κ1) is 11.7. The van der Waals surface area contributed by atoms with Gasteiger partial charge < -0.3 is 10.5 Å². The third-order valence-electron chi connectivity index (χ3n) is 2.16. The number of rotatable bonds is 5. The van der Waals surface area contributed by atoms with Gasteiger partial charge in [-0.05, 0) is 26.3 Å². The van der Waals surface area contributed by atoms with E-state index in [-0.39, 0.29) is 5.97 Å². The molecule has 0 saturated carbocycles. The minimum absolute atomic E-state index is 0.355. The van der Waals surface area contributed by atoms with Gasteiger partial charge in [0.05, 0.1) is 6.61 Å². The maximum absolute atomic E-state index is 11.4. The third-order valence-corrected chi connectivity index (χ3v) is 2.16. The van der Waals surface area contributed by atoms with Gasteiger partial charge in [-0.3, -0.25) is 9.48 Å². The molecule has 84 valence electrons. The highest BCUT2D eigenvalue weighted by Crippen LogP contribution is 2.09. The number of aromatic nitrogens is 2. The molecule has 0 bridgehead atoms. The Kier molecular flexibility index (Phi) is 3.85. The van der Waals surface area contributed by atoms with Gasteiger partial charge in [0, 0.05) is 18.9 Å². The second-order valence-electron chi connectivity index (χ2n) is 3.66. The van der Waals surface area contributed by atoms with Crippen LogP contribution in [0.5, 0.6) is 0 Å². The average molecular weight is 211 g/mol. The molecule has 0 aromatic carbocycles. The number of nitrogens with two attached hydrogens (primary N) is 1. The number of aryl methyl sites for hydroxylation is 1. The van der Waals surface area contributed by atoms with E-state index in [9.17, 15) is 4.79 Å². The highest BCUT2D eigenvalue weighted by Gasteiger charge is 2.29. The van der Waals surface area contributed by atoms with Gasteiger partial charge in [-0.15, -0.1) is 0 Å². The molecular formula is C10H17N3O2. The normalized spacial score (nSPS) is 14.6. The number of ether oxygens (including phenoxy) is 1. The molecular weight excluding hydrogens is 194 g/mol. The van der Waals surface area contributed by atoms with Crippen LogP contribution in [0.25, 0.3) is 0 Å². The van der Waals surface area contributed by atoms with Crippen molar-refractivity contribution in [3.05, 3.63) is 18.5 Å². The van der Waals surface area contributed by atoms with Gasteiger partial charge in [0.2, 0.25) is 0 Å². The van der Waals surface area contributed by atoms with E-state index in [1.807, 2.05) is 12.3 Å². The predicted octanol–water partition coefficient (Wildman–Crippen LogP) is 0.554. The molecule has 0 amide bonds. The maximum atomic E-state index is 11.4. The van der Waals surface area contributed by atoms with E-state index >= 15 is 0 Å². The van der Waals surface area contributed by atoms with Gasteiger partial charge in [-0.25, -0.2) is 0 Å². The molecule has 1 aromatic rings. The van der Waals surface area contributed by atoms with Gasteiger partial charge in [0.25, 0.3) is 0 Å². The fraction of sp³-hybridized carbons (Fsp3) is 0.600. The van der Waals surface area contributed by atoms with Crippen molar-refractivity contribution in [1.29, 1.82) is 0 Å². The first-order valence-corrected chi connectivity index (χ1v) is 5.00. The summed E-state index contributed by atoms with van der Waals surface area (Å²) in [4.78, 5) is 11.4. The number of carbonyl (C=O) groups excluding carboxylic acids is 1. The molecule has 5 nitrogen and oxygen atoms in total. The van der Waals surface area contributed by atoms with Crippen LogP contribution < -0.4 is 5.73 Å². The molecule has 0 saturated heterocycles. The van der Waals surface area contributed by atoms with Crippen molar-refractivity contribution in [3.8, 4) is 0 Å². The van der Waals surface area contributed by atoms with Crippen LogP contribution in [0.3, 0.4) is 0 Å². The lowest BCUT2D eigenvalue weighted by molar-refractivity contribution is -0.149. The van der Waals surface area contributed by atoms with Crippen LogP contribution in [-0.4, -0.2) is 27.9 Å². The second kappa shape index (κ2) is 4.93. The monoisotopic (exact) mass is 211 g/mol. The Hall–Kier alpha value is -1.36. The SMILES string of the molecule is CCOC(=O)C(C)(N)CCn1cccn1. The van der Waals surface area contributed by atoms with Gasteiger partial charge in [-0.2, -0.15) is 5.10 Å². The first-order valence-electron chi connectivity index (χ1n) is 5.00. The zero-order chi connectivity index (χ0) is 11.3. The molecule has 1 atom stereocenters. The topological polar surface area (TPSA) is 70.1 Å². The molecule has 0 radical (unpaired) electrons. The zero-order valence-electron chi connectivity index (χ0n) is 9.14. The van der Waals surface area contributed by atoms with Crippen molar-refractivity contribution in [3.63, 3.8) is 0 Å². The van der Waals surface area contributed by atoms with E-state index in [1.165, 1.54) is 0 Å². The Morgan fingerprint density at radius 3 is 2.93 bits per heavy atom. The van der Waals surface area contributed by atoms with E-state index in [1.54, 1.807) is 24.7 Å². The number of hydrogen-bond acceptors (Lipinski definition) is 4. The molecule has 5 heteroatoms. The molecule has 15 heavy (non-hydrogen) atoms. The van der Waals surface area contributed by atoms with E-state index < -0.39 is 5.54 Å². The maximum Gasteiger partial charge on any atom is 0.325 e. The largest absolute Gasteiger partial charge is 0.465 e. The Bertz CT molecular complexity index is 306. The number of hydrogen-bond donors (Lipinski definition) is 1. The molecule has 2 N–H and O–H groups in total. The molecule has 0 spiro atoms.